The normalized spacial score (nSPS) is 11.0. The van der Waals surface area contributed by atoms with E-state index in [9.17, 15) is 14.0 Å². The highest BCUT2D eigenvalue weighted by Gasteiger charge is 2.15. The van der Waals surface area contributed by atoms with Crippen molar-refractivity contribution in [2.24, 2.45) is 0 Å². The third-order valence-corrected chi connectivity index (χ3v) is 4.49. The standard InChI is InChI=1S/C21H17FN4O3/c1-12-3-2-4-13-11-16(21(28)25-19(12)13)20-24-18(29-26-20)10-9-17(27)23-15-7-5-14(22)6-8-15/h2-8,11H,9-10H2,1H3,(H,23,27)(H,25,28). The second-order valence-electron chi connectivity index (χ2n) is 6.62. The fourth-order valence-corrected chi connectivity index (χ4v) is 2.99. The summed E-state index contributed by atoms with van der Waals surface area (Å²) in [6, 6.07) is 12.9. The summed E-state index contributed by atoms with van der Waals surface area (Å²) in [5.41, 5.74) is 2.22. The lowest BCUT2D eigenvalue weighted by Gasteiger charge is -2.03. The summed E-state index contributed by atoms with van der Waals surface area (Å²) < 4.78 is 18.1. The number of pyridine rings is 1. The van der Waals surface area contributed by atoms with Crippen LogP contribution in [0.2, 0.25) is 0 Å². The van der Waals surface area contributed by atoms with Gasteiger partial charge in [-0.15, -0.1) is 0 Å². The Morgan fingerprint density at radius 1 is 1.21 bits per heavy atom. The number of halogens is 1. The van der Waals surface area contributed by atoms with Crippen LogP contribution in [0.1, 0.15) is 17.9 Å². The number of benzene rings is 2. The molecule has 0 aliphatic rings. The van der Waals surface area contributed by atoms with Crippen molar-refractivity contribution in [1.29, 1.82) is 0 Å². The lowest BCUT2D eigenvalue weighted by molar-refractivity contribution is -0.116. The number of carbonyl (C=O) groups is 1. The van der Waals surface area contributed by atoms with Crippen LogP contribution in [0.15, 0.2) is 57.8 Å². The molecule has 7 nitrogen and oxygen atoms in total. The highest BCUT2D eigenvalue weighted by molar-refractivity contribution is 5.90. The molecule has 0 aliphatic carbocycles. The van der Waals surface area contributed by atoms with Crippen molar-refractivity contribution in [2.45, 2.75) is 19.8 Å². The van der Waals surface area contributed by atoms with Crippen LogP contribution in [0.3, 0.4) is 0 Å². The van der Waals surface area contributed by atoms with Crippen molar-refractivity contribution < 1.29 is 13.7 Å². The van der Waals surface area contributed by atoms with Gasteiger partial charge in [0.2, 0.25) is 17.6 Å². The highest BCUT2D eigenvalue weighted by atomic mass is 19.1. The fraction of sp³-hybridized carbons (Fsp3) is 0.143. The molecule has 2 N–H and O–H groups in total. The van der Waals surface area contributed by atoms with E-state index in [0.717, 1.165) is 16.5 Å². The second kappa shape index (κ2) is 7.67. The molecule has 2 aromatic heterocycles. The number of nitrogens with one attached hydrogen (secondary N) is 2. The molecule has 2 aromatic carbocycles. The van der Waals surface area contributed by atoms with Crippen LogP contribution in [0.5, 0.6) is 0 Å². The van der Waals surface area contributed by atoms with Gasteiger partial charge in [-0.2, -0.15) is 4.98 Å². The molecular formula is C21H17FN4O3. The number of nitrogens with zero attached hydrogens (tertiary/aromatic N) is 2. The minimum absolute atomic E-state index is 0.103. The first-order valence-electron chi connectivity index (χ1n) is 9.00. The van der Waals surface area contributed by atoms with Gasteiger partial charge in [-0.25, -0.2) is 4.39 Å². The van der Waals surface area contributed by atoms with Gasteiger partial charge in [-0.1, -0.05) is 23.4 Å². The predicted octanol–water partition coefficient (Wildman–Crippen LogP) is 3.60. The van der Waals surface area contributed by atoms with E-state index < -0.39 is 0 Å². The molecule has 4 aromatic rings. The van der Waals surface area contributed by atoms with Crippen LogP contribution in [0.4, 0.5) is 10.1 Å². The Morgan fingerprint density at radius 3 is 2.79 bits per heavy atom. The van der Waals surface area contributed by atoms with E-state index in [0.29, 0.717) is 11.3 Å². The molecule has 2 heterocycles. The summed E-state index contributed by atoms with van der Waals surface area (Å²) >= 11 is 0. The monoisotopic (exact) mass is 392 g/mol. The zero-order valence-corrected chi connectivity index (χ0v) is 15.5. The molecule has 0 saturated heterocycles. The van der Waals surface area contributed by atoms with E-state index in [-0.39, 0.29) is 41.8 Å². The number of rotatable bonds is 5. The van der Waals surface area contributed by atoms with Crippen molar-refractivity contribution in [3.8, 4) is 11.4 Å². The SMILES string of the molecule is Cc1cccc2cc(-c3noc(CCC(=O)Nc4ccc(F)cc4)n3)c(=O)[nH]c12. The number of H-pyrrole nitrogens is 1. The smallest absolute Gasteiger partial charge is 0.259 e. The Bertz CT molecular complexity index is 1250. The summed E-state index contributed by atoms with van der Waals surface area (Å²) in [5.74, 6) is -0.225. The molecule has 0 aliphatic heterocycles. The van der Waals surface area contributed by atoms with Crippen LogP contribution in [-0.2, 0) is 11.2 Å². The first-order valence-corrected chi connectivity index (χ1v) is 9.00. The van der Waals surface area contributed by atoms with Crippen LogP contribution >= 0.6 is 0 Å². The average Bonchev–Trinajstić information content (AvgIpc) is 3.17. The zero-order valence-electron chi connectivity index (χ0n) is 15.5. The number of aromatic nitrogens is 3. The van der Waals surface area contributed by atoms with E-state index in [1.54, 1.807) is 6.07 Å². The van der Waals surface area contributed by atoms with Crippen molar-refractivity contribution in [1.82, 2.24) is 15.1 Å². The molecule has 1 amide bonds. The number of hydrogen-bond acceptors (Lipinski definition) is 5. The number of carbonyl (C=O) groups excluding carboxylic acids is 1. The minimum Gasteiger partial charge on any atom is -0.339 e. The number of para-hydroxylation sites is 1. The average molecular weight is 392 g/mol. The maximum atomic E-state index is 12.9. The molecule has 0 fully saturated rings. The predicted molar refractivity (Wildman–Crippen MR) is 106 cm³/mol. The lowest BCUT2D eigenvalue weighted by Crippen LogP contribution is -2.12. The van der Waals surface area contributed by atoms with Crippen molar-refractivity contribution in [3.63, 3.8) is 0 Å². The highest BCUT2D eigenvalue weighted by Crippen LogP contribution is 2.20. The first kappa shape index (κ1) is 18.5. The van der Waals surface area contributed by atoms with Crippen molar-refractivity contribution in [2.75, 3.05) is 5.32 Å². The number of aromatic amines is 1. The lowest BCUT2D eigenvalue weighted by atomic mass is 10.1. The number of anilines is 1. The largest absolute Gasteiger partial charge is 0.339 e. The molecule has 0 saturated carbocycles. The minimum atomic E-state index is -0.375. The second-order valence-corrected chi connectivity index (χ2v) is 6.62. The Labute approximate surface area is 164 Å². The Kier molecular flexibility index (Phi) is 4.90. The van der Waals surface area contributed by atoms with Gasteiger partial charge >= 0.3 is 0 Å². The molecule has 4 rings (SSSR count). The molecule has 0 radical (unpaired) electrons. The van der Waals surface area contributed by atoms with Crippen LogP contribution < -0.4 is 10.9 Å². The van der Waals surface area contributed by atoms with E-state index in [1.807, 2.05) is 25.1 Å². The molecule has 0 atom stereocenters. The summed E-state index contributed by atoms with van der Waals surface area (Å²) in [4.78, 5) is 31.5. The van der Waals surface area contributed by atoms with Gasteiger partial charge in [0.05, 0.1) is 11.1 Å². The third-order valence-electron chi connectivity index (χ3n) is 4.49. The summed E-state index contributed by atoms with van der Waals surface area (Å²) in [6.45, 7) is 1.92. The van der Waals surface area contributed by atoms with Gasteiger partial charge in [0, 0.05) is 18.5 Å². The Morgan fingerprint density at radius 2 is 2.00 bits per heavy atom. The molecule has 0 unspecified atom stereocenters. The van der Waals surface area contributed by atoms with Crippen molar-refractivity contribution >= 4 is 22.5 Å². The summed E-state index contributed by atoms with van der Waals surface area (Å²) in [5, 5.41) is 7.40. The fourth-order valence-electron chi connectivity index (χ4n) is 2.99. The molecule has 29 heavy (non-hydrogen) atoms. The van der Waals surface area contributed by atoms with Gasteiger partial charge in [0.25, 0.3) is 5.56 Å². The first-order chi connectivity index (χ1) is 14.0. The van der Waals surface area contributed by atoms with Gasteiger partial charge in [-0.05, 0) is 48.2 Å². The van der Waals surface area contributed by atoms with Gasteiger partial charge in [-0.3, -0.25) is 9.59 Å². The zero-order chi connectivity index (χ0) is 20.4. The number of aryl methyl sites for hydroxylation is 2. The maximum absolute atomic E-state index is 12.9. The summed E-state index contributed by atoms with van der Waals surface area (Å²) in [6.07, 6.45) is 0.316. The van der Waals surface area contributed by atoms with E-state index in [1.165, 1.54) is 24.3 Å². The Balaban J connectivity index is 1.46. The van der Waals surface area contributed by atoms with Crippen LogP contribution in [0.25, 0.3) is 22.3 Å². The maximum Gasteiger partial charge on any atom is 0.259 e. The van der Waals surface area contributed by atoms with E-state index in [4.69, 9.17) is 4.52 Å². The van der Waals surface area contributed by atoms with E-state index in [2.05, 4.69) is 20.4 Å². The van der Waals surface area contributed by atoms with Gasteiger partial charge in [0.1, 0.15) is 5.82 Å². The number of amides is 1. The summed E-state index contributed by atoms with van der Waals surface area (Å²) in [7, 11) is 0. The molecule has 0 spiro atoms. The van der Waals surface area contributed by atoms with E-state index >= 15 is 0 Å². The van der Waals surface area contributed by atoms with Gasteiger partial charge < -0.3 is 14.8 Å². The Hall–Kier alpha value is -3.81. The molecular weight excluding hydrogens is 375 g/mol. The molecule has 146 valence electrons. The number of hydrogen-bond donors (Lipinski definition) is 2. The van der Waals surface area contributed by atoms with Crippen LogP contribution in [0, 0.1) is 12.7 Å². The third kappa shape index (κ3) is 4.06. The van der Waals surface area contributed by atoms with Crippen molar-refractivity contribution in [3.05, 3.63) is 76.2 Å². The van der Waals surface area contributed by atoms with Gasteiger partial charge in [0.15, 0.2) is 0 Å². The molecule has 0 bridgehead atoms. The van der Waals surface area contributed by atoms with Crippen LogP contribution in [-0.4, -0.2) is 21.0 Å². The quantitative estimate of drug-likeness (QED) is 0.540. The number of fused-ring (bicyclic) bond motifs is 1. The molecule has 8 heteroatoms. The topological polar surface area (TPSA) is 101 Å².